The Morgan fingerprint density at radius 1 is 0.868 bits per heavy atom. The molecule has 2 amide bonds. The molecule has 2 aromatic carbocycles. The molecule has 53 heavy (non-hydrogen) atoms. The van der Waals surface area contributed by atoms with E-state index in [0.717, 1.165) is 50.3 Å². The third-order valence-electron chi connectivity index (χ3n) is 8.70. The smallest absolute Gasteiger partial charge is 0.407 e. The predicted octanol–water partition coefficient (Wildman–Crippen LogP) is 4.97. The maximum absolute atomic E-state index is 13.3. The number of carbonyl (C=O) groups excluding carboxylic acids is 2. The monoisotopic (exact) mass is 770 g/mol. The molecule has 3 aliphatic rings. The van der Waals surface area contributed by atoms with Crippen molar-refractivity contribution in [2.45, 2.75) is 67.3 Å². The van der Waals surface area contributed by atoms with Gasteiger partial charge in [-0.2, -0.15) is 16.8 Å². The average Bonchev–Trinajstić information content (AvgIpc) is 3.06. The SMILES string of the molecule is N=c1ccc2c(-c3cc(C(=O)NCCCCCNC(=O)OC4CCC=CCCC4)ccc3C(=O)O)c3ccc(N)c(S(=O)(=O)O)c3oc-2c1S(=O)(=O)O. The predicted molar refractivity (Wildman–Crippen MR) is 192 cm³/mol. The van der Waals surface area contributed by atoms with Gasteiger partial charge in [0.2, 0.25) is 0 Å². The quantitative estimate of drug-likeness (QED) is 0.0330. The van der Waals surface area contributed by atoms with E-state index in [1.54, 1.807) is 0 Å². The highest BCUT2D eigenvalue weighted by atomic mass is 32.2. The van der Waals surface area contributed by atoms with E-state index in [1.807, 2.05) is 0 Å². The van der Waals surface area contributed by atoms with Gasteiger partial charge >= 0.3 is 12.1 Å². The lowest BCUT2D eigenvalue weighted by atomic mass is 9.89. The second kappa shape index (κ2) is 16.2. The van der Waals surface area contributed by atoms with Gasteiger partial charge in [0.25, 0.3) is 26.1 Å². The van der Waals surface area contributed by atoms with Crippen LogP contribution >= 0.6 is 0 Å². The summed E-state index contributed by atoms with van der Waals surface area (Å²) in [5.74, 6) is -2.79. The van der Waals surface area contributed by atoms with E-state index in [9.17, 15) is 45.4 Å². The number of allylic oxidation sites excluding steroid dienone is 2. The van der Waals surface area contributed by atoms with Gasteiger partial charge in [-0.25, -0.2) is 9.59 Å². The van der Waals surface area contributed by atoms with Gasteiger partial charge in [0, 0.05) is 35.2 Å². The molecule has 0 aromatic heterocycles. The Labute approximate surface area is 304 Å². The van der Waals surface area contributed by atoms with E-state index < -0.39 is 70.4 Å². The van der Waals surface area contributed by atoms with Crippen molar-refractivity contribution in [1.82, 2.24) is 10.6 Å². The van der Waals surface area contributed by atoms with Gasteiger partial charge in [0.15, 0.2) is 21.1 Å². The fraction of sp³-hybridized carbons (Fsp3) is 0.314. The summed E-state index contributed by atoms with van der Waals surface area (Å²) in [6.45, 7) is 0.614. The Bertz CT molecular complexity index is 2350. The Balaban J connectivity index is 1.40. The summed E-state index contributed by atoms with van der Waals surface area (Å²) in [6.07, 6.45) is 9.86. The van der Waals surface area contributed by atoms with E-state index >= 15 is 0 Å². The molecule has 0 bridgehead atoms. The molecule has 1 atom stereocenters. The zero-order valence-electron chi connectivity index (χ0n) is 28.3. The van der Waals surface area contributed by atoms with Crippen LogP contribution in [-0.2, 0) is 25.0 Å². The van der Waals surface area contributed by atoms with Gasteiger partial charge in [-0.05, 0) is 99.4 Å². The zero-order chi connectivity index (χ0) is 38.5. The maximum atomic E-state index is 13.3. The number of anilines is 1. The van der Waals surface area contributed by atoms with Crippen molar-refractivity contribution in [3.05, 3.63) is 71.1 Å². The molecule has 282 valence electrons. The highest BCUT2D eigenvalue weighted by molar-refractivity contribution is 7.86. The Hall–Kier alpha value is -5.30. The minimum absolute atomic E-state index is 0.0150. The number of fused-ring (bicyclic) bond motifs is 2. The minimum atomic E-state index is -5.20. The van der Waals surface area contributed by atoms with Gasteiger partial charge in [-0.1, -0.05) is 12.2 Å². The summed E-state index contributed by atoms with van der Waals surface area (Å²) < 4.78 is 81.1. The summed E-state index contributed by atoms with van der Waals surface area (Å²) in [7, 11) is -10.4. The molecule has 16 nitrogen and oxygen atoms in total. The molecule has 0 radical (unpaired) electrons. The van der Waals surface area contributed by atoms with Crippen LogP contribution in [0.2, 0.25) is 0 Å². The summed E-state index contributed by atoms with van der Waals surface area (Å²) in [5, 5.41) is 22.9. The van der Waals surface area contributed by atoms with Crippen LogP contribution in [0.4, 0.5) is 10.5 Å². The van der Waals surface area contributed by atoms with Crippen molar-refractivity contribution < 1.29 is 54.6 Å². The van der Waals surface area contributed by atoms with Crippen LogP contribution in [-0.4, -0.2) is 68.2 Å². The van der Waals surface area contributed by atoms with E-state index in [1.165, 1.54) is 24.3 Å². The van der Waals surface area contributed by atoms with Gasteiger partial charge in [-0.3, -0.25) is 19.3 Å². The molecule has 0 spiro atoms. The molecule has 0 saturated heterocycles. The second-order valence-electron chi connectivity index (χ2n) is 12.4. The van der Waals surface area contributed by atoms with Gasteiger partial charge < -0.3 is 30.6 Å². The standard InChI is InChI=1S/C35H38N4O12S2/c36-26-15-13-23-28(24-14-16-27(37)32(53(47,48)49)30(24)51-29(23)31(26)52(44,45)46)25-19-20(11-12-22(25)34(41)42)33(40)38-17-7-4-8-18-39-35(43)50-21-9-5-2-1-3-6-10-21/h1-2,11-16,19,21,36H,3-10,17-18,37H2,(H,38,40)(H,39,43)(H,41,42)(H,44,45,46)(H,47,48,49). The number of alkyl carbamates (subject to hydrolysis) is 1. The van der Waals surface area contributed by atoms with Crippen molar-refractivity contribution in [2.75, 3.05) is 18.8 Å². The number of ether oxygens (including phenoxy) is 1. The fourth-order valence-electron chi connectivity index (χ4n) is 6.23. The Morgan fingerprint density at radius 3 is 2.26 bits per heavy atom. The van der Waals surface area contributed by atoms with Gasteiger partial charge in [-0.15, -0.1) is 0 Å². The number of nitrogens with two attached hydrogens (primary N) is 1. The van der Waals surface area contributed by atoms with Crippen molar-refractivity contribution in [3.8, 4) is 22.5 Å². The largest absolute Gasteiger partial charge is 0.478 e. The van der Waals surface area contributed by atoms with Crippen molar-refractivity contribution in [3.63, 3.8) is 0 Å². The Kier molecular flexibility index (Phi) is 11.9. The number of unbranched alkanes of at least 4 members (excludes halogenated alkanes) is 2. The van der Waals surface area contributed by atoms with Crippen LogP contribution in [0.15, 0.2) is 68.8 Å². The summed E-state index contributed by atoms with van der Waals surface area (Å²) in [4.78, 5) is 35.9. The van der Waals surface area contributed by atoms with E-state index in [-0.39, 0.29) is 45.9 Å². The summed E-state index contributed by atoms with van der Waals surface area (Å²) >= 11 is 0. The van der Waals surface area contributed by atoms with Crippen LogP contribution in [0.25, 0.3) is 33.4 Å². The highest BCUT2D eigenvalue weighted by Gasteiger charge is 2.32. The van der Waals surface area contributed by atoms with Crippen molar-refractivity contribution in [2.24, 2.45) is 0 Å². The first-order valence-corrected chi connectivity index (χ1v) is 19.5. The number of hydrogen-bond donors (Lipinski definition) is 7. The molecule has 18 heteroatoms. The lowest BCUT2D eigenvalue weighted by Gasteiger charge is -2.20. The lowest BCUT2D eigenvalue weighted by molar-refractivity contribution is 0.0696. The molecule has 5 rings (SSSR count). The van der Waals surface area contributed by atoms with Crippen molar-refractivity contribution >= 4 is 54.9 Å². The molecule has 2 aromatic rings. The molecular formula is C35H38N4O12S2. The maximum Gasteiger partial charge on any atom is 0.407 e. The van der Waals surface area contributed by atoms with Crippen LogP contribution < -0.4 is 21.7 Å². The highest BCUT2D eigenvalue weighted by Crippen LogP contribution is 2.45. The van der Waals surface area contributed by atoms with E-state index in [0.29, 0.717) is 25.8 Å². The number of amides is 2. The average molecular weight is 771 g/mol. The molecule has 1 aliphatic heterocycles. The van der Waals surface area contributed by atoms with Crippen LogP contribution in [0.1, 0.15) is 72.1 Å². The molecule has 0 saturated carbocycles. The number of aromatic carboxylic acids is 1. The molecule has 8 N–H and O–H groups in total. The minimum Gasteiger partial charge on any atom is -0.478 e. The van der Waals surface area contributed by atoms with Crippen LogP contribution in [0.5, 0.6) is 0 Å². The first-order chi connectivity index (χ1) is 25.1. The number of carboxylic acid groups (broad SMARTS) is 1. The number of carboxylic acids is 1. The fourth-order valence-corrected chi connectivity index (χ4v) is 7.72. The third kappa shape index (κ3) is 9.02. The number of rotatable bonds is 12. The second-order valence-corrected chi connectivity index (χ2v) is 15.1. The molecular weight excluding hydrogens is 733 g/mol. The summed E-state index contributed by atoms with van der Waals surface area (Å²) in [6, 6.07) is 8.17. The third-order valence-corrected chi connectivity index (χ3v) is 10.6. The van der Waals surface area contributed by atoms with E-state index in [4.69, 9.17) is 20.3 Å². The zero-order valence-corrected chi connectivity index (χ0v) is 29.9. The number of nitrogen functional groups attached to an aromatic ring is 1. The van der Waals surface area contributed by atoms with Gasteiger partial charge in [0.05, 0.1) is 16.6 Å². The number of hydrogen-bond acceptors (Lipinski definition) is 11. The molecule has 0 fully saturated rings. The molecule has 1 unspecified atom stereocenters. The van der Waals surface area contributed by atoms with Crippen molar-refractivity contribution in [1.29, 1.82) is 5.41 Å². The number of nitrogens with one attached hydrogen (secondary N) is 3. The van der Waals surface area contributed by atoms with Gasteiger partial charge in [0.1, 0.15) is 6.10 Å². The van der Waals surface area contributed by atoms with Crippen LogP contribution in [0.3, 0.4) is 0 Å². The van der Waals surface area contributed by atoms with E-state index in [2.05, 4.69) is 22.8 Å². The topological polar surface area (TPSA) is 276 Å². The summed E-state index contributed by atoms with van der Waals surface area (Å²) in [5.41, 5.74) is 3.75. The lowest BCUT2D eigenvalue weighted by Crippen LogP contribution is -2.30. The first-order valence-electron chi connectivity index (χ1n) is 16.6. The Morgan fingerprint density at radius 2 is 1.57 bits per heavy atom. The number of benzene rings is 3. The molecule has 1 heterocycles. The van der Waals surface area contributed by atoms with Crippen LogP contribution in [0, 0.1) is 5.41 Å². The molecule has 2 aliphatic carbocycles. The first kappa shape index (κ1) is 38.9. The number of carbonyl (C=O) groups is 3. The normalized spacial score (nSPS) is 15.1.